The van der Waals surface area contributed by atoms with Crippen LogP contribution in [0.5, 0.6) is 0 Å². The molecule has 1 N–H and O–H groups in total. The Bertz CT molecular complexity index is 1410. The Labute approximate surface area is 197 Å². The summed E-state index contributed by atoms with van der Waals surface area (Å²) >= 11 is 0. The van der Waals surface area contributed by atoms with E-state index in [4.69, 9.17) is 10.2 Å². The number of amides is 1. The lowest BCUT2D eigenvalue weighted by Gasteiger charge is -2.21. The summed E-state index contributed by atoms with van der Waals surface area (Å²) in [6, 6.07) is 18.4. The molecular formula is C27H23N5O2. The van der Waals surface area contributed by atoms with Gasteiger partial charge >= 0.3 is 0 Å². The Morgan fingerprint density at radius 3 is 2.88 bits per heavy atom. The Kier molecular flexibility index (Phi) is 4.93. The Balaban J connectivity index is 1.24. The van der Waals surface area contributed by atoms with Gasteiger partial charge in [0, 0.05) is 54.4 Å². The molecule has 2 aromatic carbocycles. The number of rotatable bonds is 4. The summed E-state index contributed by atoms with van der Waals surface area (Å²) in [4.78, 5) is 20.4. The van der Waals surface area contributed by atoms with Gasteiger partial charge in [0.15, 0.2) is 0 Å². The van der Waals surface area contributed by atoms with E-state index in [-0.39, 0.29) is 11.8 Å². The number of aromatic nitrogens is 1. The highest BCUT2D eigenvalue weighted by molar-refractivity contribution is 5.97. The van der Waals surface area contributed by atoms with Crippen LogP contribution in [0.15, 0.2) is 90.5 Å². The van der Waals surface area contributed by atoms with Gasteiger partial charge < -0.3 is 9.47 Å². The second kappa shape index (κ2) is 8.25. The highest BCUT2D eigenvalue weighted by Crippen LogP contribution is 2.35. The molecule has 6 rings (SSSR count). The molecule has 168 valence electrons. The maximum atomic E-state index is 13.2. The SMILES string of the molecule is N#Cc1ccc(Cn2cc(C3CCN(C(=O)C4=CC5=CNON5C=C4)C3)c3ccccc32)cc1. The molecule has 7 heteroatoms. The molecule has 1 aromatic heterocycles. The molecule has 3 aliphatic rings. The molecule has 0 aliphatic carbocycles. The minimum Gasteiger partial charge on any atom is -0.343 e. The zero-order valence-electron chi connectivity index (χ0n) is 18.5. The summed E-state index contributed by atoms with van der Waals surface area (Å²) in [6.45, 7) is 2.18. The number of para-hydroxylation sites is 1. The van der Waals surface area contributed by atoms with Gasteiger partial charge in [0.05, 0.1) is 23.5 Å². The zero-order valence-corrected chi connectivity index (χ0v) is 18.5. The number of benzene rings is 2. The van der Waals surface area contributed by atoms with Crippen molar-refractivity contribution in [3.63, 3.8) is 0 Å². The third kappa shape index (κ3) is 3.54. The number of hydrogen-bond donors (Lipinski definition) is 1. The smallest absolute Gasteiger partial charge is 0.254 e. The average Bonchev–Trinajstić information content (AvgIpc) is 3.62. The fourth-order valence-electron chi connectivity index (χ4n) is 4.96. The third-order valence-corrected chi connectivity index (χ3v) is 6.72. The first-order valence-electron chi connectivity index (χ1n) is 11.4. The normalized spacial score (nSPS) is 19.0. The van der Waals surface area contributed by atoms with Crippen molar-refractivity contribution in [2.45, 2.75) is 18.9 Å². The van der Waals surface area contributed by atoms with Gasteiger partial charge in [0.2, 0.25) is 0 Å². The van der Waals surface area contributed by atoms with E-state index in [1.165, 1.54) is 16.5 Å². The molecule has 1 amide bonds. The molecule has 34 heavy (non-hydrogen) atoms. The highest BCUT2D eigenvalue weighted by atomic mass is 16.8. The van der Waals surface area contributed by atoms with E-state index in [1.54, 1.807) is 23.5 Å². The zero-order chi connectivity index (χ0) is 23.1. The maximum absolute atomic E-state index is 13.2. The van der Waals surface area contributed by atoms with Crippen molar-refractivity contribution in [3.8, 4) is 6.07 Å². The molecule has 1 fully saturated rings. The number of hydrogen-bond acceptors (Lipinski definition) is 5. The number of hydroxylamine groups is 3. The Morgan fingerprint density at radius 2 is 2.03 bits per heavy atom. The lowest BCUT2D eigenvalue weighted by molar-refractivity contribution is -0.126. The number of likely N-dealkylation sites (tertiary alicyclic amines) is 1. The van der Waals surface area contributed by atoms with E-state index in [0.717, 1.165) is 30.8 Å². The number of nitrogens with zero attached hydrogens (tertiary/aromatic N) is 4. The van der Waals surface area contributed by atoms with E-state index in [0.29, 0.717) is 17.7 Å². The van der Waals surface area contributed by atoms with E-state index in [9.17, 15) is 4.79 Å². The van der Waals surface area contributed by atoms with Crippen LogP contribution in [0.25, 0.3) is 10.9 Å². The van der Waals surface area contributed by atoms with Gasteiger partial charge in [-0.3, -0.25) is 4.79 Å². The summed E-state index contributed by atoms with van der Waals surface area (Å²) in [5.74, 6) is 0.337. The van der Waals surface area contributed by atoms with Gasteiger partial charge in [-0.2, -0.15) is 10.2 Å². The predicted octanol–water partition coefficient (Wildman–Crippen LogP) is 3.92. The monoisotopic (exact) mass is 449 g/mol. The van der Waals surface area contributed by atoms with Crippen molar-refractivity contribution in [2.75, 3.05) is 13.1 Å². The number of carbonyl (C=O) groups excluding carboxylic acids is 1. The van der Waals surface area contributed by atoms with E-state index < -0.39 is 0 Å². The number of allylic oxidation sites excluding steroid dienone is 1. The molecule has 1 saturated heterocycles. The Morgan fingerprint density at radius 1 is 1.18 bits per heavy atom. The minimum atomic E-state index is 0.0486. The fourth-order valence-corrected chi connectivity index (χ4v) is 4.96. The first kappa shape index (κ1) is 20.3. The highest BCUT2D eigenvalue weighted by Gasteiger charge is 2.31. The average molecular weight is 450 g/mol. The molecule has 4 heterocycles. The maximum Gasteiger partial charge on any atom is 0.254 e. The van der Waals surface area contributed by atoms with Crippen molar-refractivity contribution >= 4 is 16.8 Å². The molecule has 7 nitrogen and oxygen atoms in total. The van der Waals surface area contributed by atoms with Crippen molar-refractivity contribution in [1.82, 2.24) is 20.0 Å². The summed E-state index contributed by atoms with van der Waals surface area (Å²) in [5, 5.41) is 11.9. The summed E-state index contributed by atoms with van der Waals surface area (Å²) in [5.41, 5.74) is 8.46. The van der Waals surface area contributed by atoms with Crippen molar-refractivity contribution in [2.24, 2.45) is 0 Å². The van der Waals surface area contributed by atoms with Gasteiger partial charge in [-0.05, 0) is 47.9 Å². The van der Waals surface area contributed by atoms with Gasteiger partial charge in [-0.15, -0.1) is 0 Å². The summed E-state index contributed by atoms with van der Waals surface area (Å²) in [6.07, 6.45) is 10.3. The molecule has 1 atom stereocenters. The van der Waals surface area contributed by atoms with Crippen LogP contribution in [0.1, 0.15) is 29.0 Å². The van der Waals surface area contributed by atoms with Gasteiger partial charge in [0.1, 0.15) is 0 Å². The minimum absolute atomic E-state index is 0.0486. The van der Waals surface area contributed by atoms with Crippen LogP contribution in [0.4, 0.5) is 0 Å². The number of nitriles is 1. The second-order valence-electron chi connectivity index (χ2n) is 8.79. The van der Waals surface area contributed by atoms with Crippen LogP contribution < -0.4 is 5.48 Å². The Hall–Kier alpha value is -4.28. The summed E-state index contributed by atoms with van der Waals surface area (Å²) < 4.78 is 2.27. The predicted molar refractivity (Wildman–Crippen MR) is 128 cm³/mol. The molecule has 0 bridgehead atoms. The lowest BCUT2D eigenvalue weighted by atomic mass is 9.98. The third-order valence-electron chi connectivity index (χ3n) is 6.72. The van der Waals surface area contributed by atoms with Gasteiger partial charge in [0.25, 0.3) is 5.91 Å². The summed E-state index contributed by atoms with van der Waals surface area (Å²) in [7, 11) is 0. The van der Waals surface area contributed by atoms with Gasteiger partial charge in [-0.1, -0.05) is 30.3 Å². The van der Waals surface area contributed by atoms with Crippen LogP contribution >= 0.6 is 0 Å². The molecule has 3 aromatic rings. The van der Waals surface area contributed by atoms with E-state index in [1.807, 2.05) is 35.2 Å². The van der Waals surface area contributed by atoms with Crippen LogP contribution in [0, 0.1) is 11.3 Å². The molecule has 0 spiro atoms. The van der Waals surface area contributed by atoms with E-state index in [2.05, 4.69) is 46.6 Å². The number of fused-ring (bicyclic) bond motifs is 2. The van der Waals surface area contributed by atoms with Crippen molar-refractivity contribution < 1.29 is 9.73 Å². The van der Waals surface area contributed by atoms with Gasteiger partial charge in [-0.25, -0.2) is 10.5 Å². The van der Waals surface area contributed by atoms with Crippen molar-refractivity contribution in [1.29, 1.82) is 5.26 Å². The molecule has 0 radical (unpaired) electrons. The fraction of sp³-hybridized carbons (Fsp3) is 0.185. The molecular weight excluding hydrogens is 426 g/mol. The first-order chi connectivity index (χ1) is 16.7. The lowest BCUT2D eigenvalue weighted by Crippen LogP contribution is -2.30. The van der Waals surface area contributed by atoms with Crippen LogP contribution in [-0.4, -0.2) is 33.5 Å². The number of nitrogens with one attached hydrogen (secondary N) is 1. The van der Waals surface area contributed by atoms with Crippen LogP contribution in [0.2, 0.25) is 0 Å². The molecule has 0 saturated carbocycles. The largest absolute Gasteiger partial charge is 0.343 e. The first-order valence-corrected chi connectivity index (χ1v) is 11.4. The second-order valence-corrected chi connectivity index (χ2v) is 8.79. The quantitative estimate of drug-likeness (QED) is 0.654. The van der Waals surface area contributed by atoms with Crippen LogP contribution in [0.3, 0.4) is 0 Å². The van der Waals surface area contributed by atoms with Crippen molar-refractivity contribution in [3.05, 3.63) is 107 Å². The van der Waals surface area contributed by atoms with Crippen LogP contribution in [-0.2, 0) is 16.3 Å². The molecule has 3 aliphatic heterocycles. The van der Waals surface area contributed by atoms with E-state index >= 15 is 0 Å². The number of carbonyl (C=O) groups is 1. The topological polar surface area (TPSA) is 73.5 Å². The molecule has 1 unspecified atom stereocenters. The standard InChI is InChI=1S/C27H23N5O2/c28-14-19-5-7-20(8-6-19)16-31-18-25(24-3-1-2-4-26(24)31)22-9-11-30(17-22)27(33)21-10-12-32-23(13-21)15-29-34-32/h1-8,10,12-13,15,18,22,29H,9,11,16-17H2.